The van der Waals surface area contributed by atoms with Crippen LogP contribution in [-0.2, 0) is 9.59 Å². The number of ether oxygens (including phenoxy) is 2. The lowest BCUT2D eigenvalue weighted by Gasteiger charge is -2.35. The molecular formula is C21H28N4O5. The van der Waals surface area contributed by atoms with Gasteiger partial charge in [0.15, 0.2) is 11.5 Å². The highest BCUT2D eigenvalue weighted by molar-refractivity contribution is 5.96. The topological polar surface area (TPSA) is 82.6 Å². The Labute approximate surface area is 176 Å². The molecule has 3 aliphatic rings. The Morgan fingerprint density at radius 1 is 0.933 bits per heavy atom. The summed E-state index contributed by atoms with van der Waals surface area (Å²) in [4.78, 5) is 44.6. The van der Waals surface area contributed by atoms with E-state index in [2.05, 4.69) is 0 Å². The third-order valence-electron chi connectivity index (χ3n) is 5.97. The zero-order valence-corrected chi connectivity index (χ0v) is 17.5. The Morgan fingerprint density at radius 2 is 1.60 bits per heavy atom. The number of benzene rings is 1. The largest absolute Gasteiger partial charge is 0.493 e. The van der Waals surface area contributed by atoms with Crippen LogP contribution in [0, 0.1) is 5.92 Å². The van der Waals surface area contributed by atoms with Crippen molar-refractivity contribution >= 4 is 23.5 Å². The monoisotopic (exact) mass is 416 g/mol. The fourth-order valence-corrected chi connectivity index (χ4v) is 3.99. The Bertz CT molecular complexity index is 833. The summed E-state index contributed by atoms with van der Waals surface area (Å²) in [5.74, 6) is 1.51. The Hall–Kier alpha value is -2.97. The molecule has 0 aromatic heterocycles. The third kappa shape index (κ3) is 4.01. The number of piperazine rings is 1. The molecule has 1 saturated carbocycles. The molecule has 1 aromatic rings. The molecule has 0 radical (unpaired) electrons. The molecular weight excluding hydrogens is 388 g/mol. The lowest BCUT2D eigenvalue weighted by molar-refractivity contribution is -0.140. The van der Waals surface area contributed by atoms with Crippen LogP contribution in [0.25, 0.3) is 0 Å². The Morgan fingerprint density at radius 3 is 2.23 bits per heavy atom. The van der Waals surface area contributed by atoms with Gasteiger partial charge in [-0.25, -0.2) is 4.79 Å². The van der Waals surface area contributed by atoms with E-state index in [4.69, 9.17) is 9.47 Å². The van der Waals surface area contributed by atoms with E-state index in [0.717, 1.165) is 12.8 Å². The van der Waals surface area contributed by atoms with E-state index < -0.39 is 0 Å². The summed E-state index contributed by atoms with van der Waals surface area (Å²) in [6, 6.07) is 5.13. The molecule has 9 heteroatoms. The van der Waals surface area contributed by atoms with Crippen LogP contribution >= 0.6 is 0 Å². The van der Waals surface area contributed by atoms with Gasteiger partial charge in [-0.15, -0.1) is 0 Å². The van der Waals surface area contributed by atoms with E-state index in [9.17, 15) is 14.4 Å². The number of anilines is 1. The number of methoxy groups -OCH3 is 2. The lowest BCUT2D eigenvalue weighted by Crippen LogP contribution is -2.53. The molecule has 4 amide bonds. The summed E-state index contributed by atoms with van der Waals surface area (Å²) in [5, 5.41) is 0. The molecule has 30 heavy (non-hydrogen) atoms. The number of carbonyl (C=O) groups excluding carboxylic acids is 3. The molecule has 9 nitrogen and oxygen atoms in total. The van der Waals surface area contributed by atoms with Gasteiger partial charge >= 0.3 is 6.03 Å². The summed E-state index contributed by atoms with van der Waals surface area (Å²) in [5.41, 5.74) is 0.708. The fraction of sp³-hybridized carbons (Fsp3) is 0.571. The second kappa shape index (κ2) is 8.41. The summed E-state index contributed by atoms with van der Waals surface area (Å²) >= 11 is 0. The summed E-state index contributed by atoms with van der Waals surface area (Å²) < 4.78 is 10.6. The van der Waals surface area contributed by atoms with Crippen molar-refractivity contribution in [2.75, 3.05) is 64.9 Å². The number of carbonyl (C=O) groups is 3. The third-order valence-corrected chi connectivity index (χ3v) is 5.97. The highest BCUT2D eigenvalue weighted by atomic mass is 16.5. The molecule has 1 aromatic carbocycles. The van der Waals surface area contributed by atoms with E-state index in [1.54, 1.807) is 47.1 Å². The molecule has 4 rings (SSSR count). The van der Waals surface area contributed by atoms with Crippen LogP contribution in [0.15, 0.2) is 18.2 Å². The first-order valence-corrected chi connectivity index (χ1v) is 10.4. The number of urea groups is 1. The van der Waals surface area contributed by atoms with Crippen molar-refractivity contribution in [1.29, 1.82) is 0 Å². The molecule has 0 N–H and O–H groups in total. The minimum absolute atomic E-state index is 0.0548. The molecule has 2 heterocycles. The van der Waals surface area contributed by atoms with Crippen LogP contribution in [0.2, 0.25) is 0 Å². The van der Waals surface area contributed by atoms with Crippen LogP contribution in [0.1, 0.15) is 12.8 Å². The maximum atomic E-state index is 12.9. The smallest absolute Gasteiger partial charge is 0.325 e. The zero-order chi connectivity index (χ0) is 21.3. The second-order valence-corrected chi connectivity index (χ2v) is 7.88. The number of amides is 4. The minimum Gasteiger partial charge on any atom is -0.493 e. The van der Waals surface area contributed by atoms with Crippen molar-refractivity contribution in [2.45, 2.75) is 12.8 Å². The fourth-order valence-electron chi connectivity index (χ4n) is 3.99. The van der Waals surface area contributed by atoms with E-state index in [-0.39, 0.29) is 30.3 Å². The maximum Gasteiger partial charge on any atom is 0.325 e. The number of rotatable bonds is 6. The quantitative estimate of drug-likeness (QED) is 0.692. The minimum atomic E-state index is -0.196. The van der Waals surface area contributed by atoms with Crippen LogP contribution in [0.5, 0.6) is 11.5 Å². The van der Waals surface area contributed by atoms with Gasteiger partial charge in [0.25, 0.3) is 0 Å². The molecule has 162 valence electrons. The number of hydrogen-bond acceptors (Lipinski definition) is 5. The maximum absolute atomic E-state index is 12.9. The van der Waals surface area contributed by atoms with Crippen LogP contribution in [0.4, 0.5) is 10.5 Å². The number of nitrogens with zero attached hydrogens (tertiary/aromatic N) is 4. The first kappa shape index (κ1) is 20.3. The molecule has 3 fully saturated rings. The van der Waals surface area contributed by atoms with Crippen molar-refractivity contribution in [1.82, 2.24) is 14.7 Å². The summed E-state index contributed by atoms with van der Waals surface area (Å²) in [6.45, 7) is 3.25. The van der Waals surface area contributed by atoms with Gasteiger partial charge in [0, 0.05) is 56.9 Å². The highest BCUT2D eigenvalue weighted by Crippen LogP contribution is 2.33. The molecule has 0 unspecified atom stereocenters. The van der Waals surface area contributed by atoms with Gasteiger partial charge in [0.1, 0.15) is 6.54 Å². The number of hydrogen-bond donors (Lipinski definition) is 0. The first-order valence-electron chi connectivity index (χ1n) is 10.4. The van der Waals surface area contributed by atoms with Crippen LogP contribution < -0.4 is 14.4 Å². The standard InChI is InChI=1S/C21H28N4O5/c1-29-17-6-5-16(13-18(17)30-2)25-12-11-24(21(25)28)14-19(26)22-7-9-23(10-8-22)20(27)15-3-4-15/h5-6,13,15H,3-4,7-12,14H2,1-2H3. The Kier molecular flexibility index (Phi) is 5.69. The Balaban J connectivity index is 1.32. The normalized spacial score (nSPS) is 19.3. The van der Waals surface area contributed by atoms with Crippen LogP contribution in [0.3, 0.4) is 0 Å². The average molecular weight is 416 g/mol. The molecule has 0 atom stereocenters. The van der Waals surface area contributed by atoms with Crippen molar-refractivity contribution < 1.29 is 23.9 Å². The van der Waals surface area contributed by atoms with Gasteiger partial charge in [-0.1, -0.05) is 0 Å². The van der Waals surface area contributed by atoms with Gasteiger partial charge in [-0.3, -0.25) is 14.5 Å². The molecule has 0 spiro atoms. The van der Waals surface area contributed by atoms with Gasteiger partial charge in [-0.2, -0.15) is 0 Å². The predicted octanol–water partition coefficient (Wildman–Crippen LogP) is 1.03. The summed E-state index contributed by atoms with van der Waals surface area (Å²) in [7, 11) is 3.11. The van der Waals surface area contributed by atoms with Crippen molar-refractivity contribution in [2.24, 2.45) is 5.92 Å². The van der Waals surface area contributed by atoms with E-state index in [0.29, 0.717) is 56.5 Å². The first-order chi connectivity index (χ1) is 14.5. The van der Waals surface area contributed by atoms with Crippen molar-refractivity contribution in [3.05, 3.63) is 18.2 Å². The van der Waals surface area contributed by atoms with Crippen molar-refractivity contribution in [3.63, 3.8) is 0 Å². The summed E-state index contributed by atoms with van der Waals surface area (Å²) in [6.07, 6.45) is 1.98. The second-order valence-electron chi connectivity index (χ2n) is 7.88. The highest BCUT2D eigenvalue weighted by Gasteiger charge is 2.36. The molecule has 0 bridgehead atoms. The van der Waals surface area contributed by atoms with E-state index >= 15 is 0 Å². The predicted molar refractivity (Wildman–Crippen MR) is 110 cm³/mol. The van der Waals surface area contributed by atoms with E-state index in [1.165, 1.54) is 0 Å². The molecule has 2 saturated heterocycles. The van der Waals surface area contributed by atoms with Gasteiger partial charge in [0.2, 0.25) is 11.8 Å². The molecule has 2 aliphatic heterocycles. The lowest BCUT2D eigenvalue weighted by atomic mass is 10.2. The van der Waals surface area contributed by atoms with E-state index in [1.807, 2.05) is 4.90 Å². The molecule has 1 aliphatic carbocycles. The van der Waals surface area contributed by atoms with Crippen molar-refractivity contribution in [3.8, 4) is 11.5 Å². The van der Waals surface area contributed by atoms with Gasteiger partial charge < -0.3 is 24.2 Å². The SMILES string of the molecule is COc1ccc(N2CCN(CC(=O)N3CCN(C(=O)C4CC4)CC3)C2=O)cc1OC. The van der Waals surface area contributed by atoms with Gasteiger partial charge in [-0.05, 0) is 25.0 Å². The van der Waals surface area contributed by atoms with Gasteiger partial charge in [0.05, 0.1) is 14.2 Å². The zero-order valence-electron chi connectivity index (χ0n) is 17.5. The average Bonchev–Trinajstić information content (AvgIpc) is 3.57. The van der Waals surface area contributed by atoms with Crippen LogP contribution in [-0.4, -0.2) is 92.6 Å².